The maximum atomic E-state index is 13.6. The first-order valence-corrected chi connectivity index (χ1v) is 17.1. The number of carbonyl (C=O) groups excluding carboxylic acids is 1. The predicted molar refractivity (Wildman–Crippen MR) is 163 cm³/mol. The highest BCUT2D eigenvalue weighted by Gasteiger charge is 2.62. The molecule has 0 aromatic carbocycles. The van der Waals surface area contributed by atoms with Crippen molar-refractivity contribution < 1.29 is 63.9 Å². The van der Waals surface area contributed by atoms with Gasteiger partial charge in [0.15, 0.2) is 12.1 Å². The van der Waals surface area contributed by atoms with Gasteiger partial charge in [-0.15, -0.1) is 0 Å². The Kier molecular flexibility index (Phi) is 12.2. The maximum absolute atomic E-state index is 13.6. The van der Waals surface area contributed by atoms with Crippen LogP contribution < -0.4 is 0 Å². The second-order valence-electron chi connectivity index (χ2n) is 14.5. The number of rotatable bonds is 8. The number of esters is 1. The van der Waals surface area contributed by atoms with Crippen molar-refractivity contribution in [2.75, 3.05) is 0 Å². The topological polar surface area (TPSA) is 194 Å². The SMILES string of the molecule is CC[C@@H](O)[C@@H](C)[C@@H]1O[C@@]2(O[C@H]([C@H](C)C(=O)O[C@H]3C[C@@H](O)[C@H](O[C@H]4C[C@H](O)[C@H](O)[C@@H](C)O4)[C@@H](C)O3)[C@@H](C)[C@@H](O)[C@@H]2C)[C@H](C)[C@H](O)[C@@H]1C. The molecule has 20 atom stereocenters. The molecule has 4 heterocycles. The third kappa shape index (κ3) is 7.16. The quantitative estimate of drug-likeness (QED) is 0.202. The van der Waals surface area contributed by atoms with Crippen LogP contribution in [0.1, 0.15) is 81.6 Å². The van der Waals surface area contributed by atoms with E-state index in [0.717, 1.165) is 0 Å². The van der Waals surface area contributed by atoms with E-state index >= 15 is 0 Å². The molecule has 4 saturated heterocycles. The van der Waals surface area contributed by atoms with E-state index in [1.165, 1.54) is 0 Å². The van der Waals surface area contributed by atoms with Crippen LogP contribution in [0.3, 0.4) is 0 Å². The number of aliphatic hydroxyl groups excluding tert-OH is 6. The van der Waals surface area contributed by atoms with Crippen LogP contribution in [0, 0.1) is 35.5 Å². The van der Waals surface area contributed by atoms with Crippen molar-refractivity contribution in [3.05, 3.63) is 0 Å². The second-order valence-corrected chi connectivity index (χ2v) is 14.5. The molecule has 0 saturated carbocycles. The minimum atomic E-state index is -1.43. The van der Waals surface area contributed by atoms with E-state index in [4.69, 9.17) is 28.4 Å². The van der Waals surface area contributed by atoms with Gasteiger partial charge in [0.2, 0.25) is 6.29 Å². The Balaban J connectivity index is 1.44. The Labute approximate surface area is 272 Å². The number of carbonyl (C=O) groups is 1. The lowest BCUT2D eigenvalue weighted by molar-refractivity contribution is -0.410. The van der Waals surface area contributed by atoms with Gasteiger partial charge in [0.05, 0.1) is 60.9 Å². The Morgan fingerprint density at radius 1 is 0.783 bits per heavy atom. The molecule has 0 unspecified atom stereocenters. The summed E-state index contributed by atoms with van der Waals surface area (Å²) in [5, 5.41) is 64.5. The summed E-state index contributed by atoms with van der Waals surface area (Å²) in [4.78, 5) is 13.6. The highest BCUT2D eigenvalue weighted by atomic mass is 16.7. The fraction of sp³-hybridized carbons (Fsp3) is 0.970. The van der Waals surface area contributed by atoms with Crippen LogP contribution >= 0.6 is 0 Å². The van der Waals surface area contributed by atoms with Crippen LogP contribution in [-0.4, -0.2) is 122 Å². The highest BCUT2D eigenvalue weighted by molar-refractivity contribution is 5.73. The van der Waals surface area contributed by atoms with Gasteiger partial charge in [-0.2, -0.15) is 0 Å². The van der Waals surface area contributed by atoms with Crippen LogP contribution in [0.4, 0.5) is 0 Å². The summed E-state index contributed by atoms with van der Waals surface area (Å²) in [5.74, 6) is -5.18. The minimum Gasteiger partial charge on any atom is -0.435 e. The van der Waals surface area contributed by atoms with Gasteiger partial charge in [-0.3, -0.25) is 4.79 Å². The molecule has 0 bridgehead atoms. The first-order chi connectivity index (χ1) is 21.4. The van der Waals surface area contributed by atoms with Crippen molar-refractivity contribution in [1.29, 1.82) is 0 Å². The highest BCUT2D eigenvalue weighted by Crippen LogP contribution is 2.51. The molecule has 4 aliphatic heterocycles. The van der Waals surface area contributed by atoms with E-state index in [2.05, 4.69) is 0 Å². The molecule has 13 nitrogen and oxygen atoms in total. The van der Waals surface area contributed by atoms with Gasteiger partial charge in [-0.05, 0) is 27.2 Å². The summed E-state index contributed by atoms with van der Waals surface area (Å²) in [6.45, 7) is 16.0. The molecule has 4 fully saturated rings. The molecule has 0 radical (unpaired) electrons. The van der Waals surface area contributed by atoms with E-state index in [1.807, 2.05) is 34.6 Å². The van der Waals surface area contributed by atoms with Crippen LogP contribution in [0.2, 0.25) is 0 Å². The molecule has 0 aromatic rings. The smallest absolute Gasteiger partial charge is 0.313 e. The van der Waals surface area contributed by atoms with Gasteiger partial charge in [-0.25, -0.2) is 0 Å². The van der Waals surface area contributed by atoms with Crippen molar-refractivity contribution in [1.82, 2.24) is 0 Å². The zero-order valence-electron chi connectivity index (χ0n) is 28.6. The molecule has 0 aromatic heterocycles. The van der Waals surface area contributed by atoms with Gasteiger partial charge in [0.25, 0.3) is 0 Å². The van der Waals surface area contributed by atoms with E-state index < -0.39 is 115 Å². The summed E-state index contributed by atoms with van der Waals surface area (Å²) in [6, 6.07) is 0. The lowest BCUT2D eigenvalue weighted by Crippen LogP contribution is -2.70. The van der Waals surface area contributed by atoms with Gasteiger partial charge in [-0.1, -0.05) is 41.5 Å². The van der Waals surface area contributed by atoms with Crippen molar-refractivity contribution in [3.8, 4) is 0 Å². The van der Waals surface area contributed by atoms with Crippen LogP contribution in [-0.2, 0) is 33.2 Å². The average molecular weight is 663 g/mol. The first-order valence-electron chi connectivity index (χ1n) is 17.1. The summed E-state index contributed by atoms with van der Waals surface area (Å²) >= 11 is 0. The van der Waals surface area contributed by atoms with E-state index in [1.54, 1.807) is 27.7 Å². The molecule has 6 N–H and O–H groups in total. The fourth-order valence-corrected chi connectivity index (χ4v) is 7.97. The van der Waals surface area contributed by atoms with Crippen molar-refractivity contribution in [2.45, 2.75) is 167 Å². The van der Waals surface area contributed by atoms with Crippen LogP contribution in [0.25, 0.3) is 0 Å². The largest absolute Gasteiger partial charge is 0.435 e. The van der Waals surface area contributed by atoms with E-state index in [-0.39, 0.29) is 24.7 Å². The van der Waals surface area contributed by atoms with Gasteiger partial charge in [0.1, 0.15) is 12.2 Å². The van der Waals surface area contributed by atoms with Crippen LogP contribution in [0.5, 0.6) is 0 Å². The van der Waals surface area contributed by atoms with E-state index in [0.29, 0.717) is 6.42 Å². The molecule has 4 aliphatic rings. The summed E-state index contributed by atoms with van der Waals surface area (Å²) in [5.41, 5.74) is 0. The van der Waals surface area contributed by atoms with Gasteiger partial charge >= 0.3 is 5.97 Å². The molecule has 4 rings (SSSR count). The van der Waals surface area contributed by atoms with Gasteiger partial charge in [0, 0.05) is 42.4 Å². The monoisotopic (exact) mass is 662 g/mol. The number of hydrogen-bond acceptors (Lipinski definition) is 13. The molecule has 0 aliphatic carbocycles. The number of hydrogen-bond donors (Lipinski definition) is 6. The third-order valence-corrected chi connectivity index (χ3v) is 11.3. The Morgan fingerprint density at radius 2 is 1.30 bits per heavy atom. The predicted octanol–water partition coefficient (Wildman–Crippen LogP) is 1.07. The zero-order valence-corrected chi connectivity index (χ0v) is 28.6. The molecule has 0 amide bonds. The average Bonchev–Trinajstić information content (AvgIpc) is 3.01. The lowest BCUT2D eigenvalue weighted by atomic mass is 9.68. The molecular weight excluding hydrogens is 604 g/mol. The van der Waals surface area contributed by atoms with Crippen molar-refractivity contribution in [3.63, 3.8) is 0 Å². The Hall–Kier alpha value is -0.970. The normalized spacial score (nSPS) is 50.5. The Bertz CT molecular complexity index is 982. The fourth-order valence-electron chi connectivity index (χ4n) is 7.97. The molecule has 1 spiro atoms. The summed E-state index contributed by atoms with van der Waals surface area (Å²) in [6.07, 6.45) is -10.6. The number of aliphatic hydroxyl groups is 6. The maximum Gasteiger partial charge on any atom is 0.313 e. The van der Waals surface area contributed by atoms with E-state index in [9.17, 15) is 35.4 Å². The van der Waals surface area contributed by atoms with Crippen molar-refractivity contribution >= 4 is 5.97 Å². The summed E-state index contributed by atoms with van der Waals surface area (Å²) in [7, 11) is 0. The molecule has 46 heavy (non-hydrogen) atoms. The standard InChI is InChI=1S/C33H58O13/c1-10-21(34)13(2)29-14(3)26(37)17(6)33(45-29)18(7)27(38)15(4)30(46-33)16(5)32(40)44-25-12-23(36)31(20(9)42-25)43-24-11-22(35)28(39)19(8)41-24/h13-31,34-39H,10-12H2,1-9H3/t13-,14+,15+,16+,17-,18+,19-,20-,21-,22+,23-,24+,25+,26-,27-,28-,29+,30+,31-,33-/m1/s1. The molecular formula is C33H58O13. The summed E-state index contributed by atoms with van der Waals surface area (Å²) < 4.78 is 36.6. The molecule has 13 heteroatoms. The molecule has 268 valence electrons. The zero-order chi connectivity index (χ0) is 34.4. The first kappa shape index (κ1) is 37.8. The second kappa shape index (κ2) is 14.9. The van der Waals surface area contributed by atoms with Gasteiger partial charge < -0.3 is 59.1 Å². The third-order valence-electron chi connectivity index (χ3n) is 11.3. The number of ether oxygens (including phenoxy) is 6. The van der Waals surface area contributed by atoms with Crippen molar-refractivity contribution in [2.24, 2.45) is 35.5 Å². The van der Waals surface area contributed by atoms with Crippen LogP contribution in [0.15, 0.2) is 0 Å². The Morgan fingerprint density at radius 3 is 1.85 bits per heavy atom. The minimum absolute atomic E-state index is 0.0278. The lowest BCUT2D eigenvalue weighted by Gasteiger charge is -2.60.